The monoisotopic (exact) mass is 464 g/mol. The number of halogens is 1. The zero-order valence-electron chi connectivity index (χ0n) is 15.9. The second-order valence-electron chi connectivity index (χ2n) is 8.55. The largest absolute Gasteiger partial charge is 0.274 e. The van der Waals surface area contributed by atoms with Crippen LogP contribution in [0.4, 0.5) is 11.4 Å². The van der Waals surface area contributed by atoms with Crippen molar-refractivity contribution in [3.8, 4) is 0 Å². The van der Waals surface area contributed by atoms with Gasteiger partial charge >= 0.3 is 0 Å². The zero-order chi connectivity index (χ0) is 20.7. The van der Waals surface area contributed by atoms with E-state index in [9.17, 15) is 19.2 Å². The Morgan fingerprint density at radius 3 is 1.83 bits per heavy atom. The van der Waals surface area contributed by atoms with Crippen LogP contribution in [0.5, 0.6) is 0 Å². The van der Waals surface area contributed by atoms with Crippen LogP contribution >= 0.6 is 15.9 Å². The fourth-order valence-corrected chi connectivity index (χ4v) is 6.22. The highest BCUT2D eigenvalue weighted by Gasteiger charge is 2.61. The lowest BCUT2D eigenvalue weighted by Crippen LogP contribution is -2.33. The van der Waals surface area contributed by atoms with Crippen molar-refractivity contribution < 1.29 is 19.2 Å². The van der Waals surface area contributed by atoms with Crippen molar-refractivity contribution in [2.75, 3.05) is 9.80 Å². The van der Waals surface area contributed by atoms with E-state index in [1.165, 1.54) is 4.90 Å². The molecule has 2 bridgehead atoms. The molecule has 4 amide bonds. The van der Waals surface area contributed by atoms with Crippen molar-refractivity contribution in [1.29, 1.82) is 0 Å². The van der Waals surface area contributed by atoms with Crippen molar-refractivity contribution in [2.24, 2.45) is 23.7 Å². The molecular weight excluding hydrogens is 448 g/mol. The lowest BCUT2D eigenvalue weighted by molar-refractivity contribution is -0.123. The molecule has 4 atom stereocenters. The topological polar surface area (TPSA) is 74.8 Å². The van der Waals surface area contributed by atoms with Crippen LogP contribution in [0.2, 0.25) is 0 Å². The number of hydrogen-bond donors (Lipinski definition) is 0. The Labute approximate surface area is 181 Å². The Hall–Kier alpha value is -2.80. The molecule has 0 N–H and O–H groups in total. The van der Waals surface area contributed by atoms with Gasteiger partial charge in [0.15, 0.2) is 0 Å². The lowest BCUT2D eigenvalue weighted by atomic mass is 9.81. The first kappa shape index (κ1) is 18.0. The number of anilines is 2. The molecule has 6 rings (SSSR count). The van der Waals surface area contributed by atoms with E-state index >= 15 is 0 Å². The Kier molecular flexibility index (Phi) is 3.67. The normalized spacial score (nSPS) is 29.2. The van der Waals surface area contributed by atoms with Gasteiger partial charge in [-0.1, -0.05) is 15.9 Å². The summed E-state index contributed by atoms with van der Waals surface area (Å²) in [5.74, 6) is -0.655. The van der Waals surface area contributed by atoms with E-state index in [4.69, 9.17) is 0 Å². The smallest absolute Gasteiger partial charge is 0.266 e. The van der Waals surface area contributed by atoms with Crippen LogP contribution in [0, 0.1) is 23.7 Å². The molecule has 4 aliphatic rings. The van der Waals surface area contributed by atoms with Gasteiger partial charge in [-0.3, -0.25) is 24.1 Å². The van der Waals surface area contributed by atoms with Gasteiger partial charge < -0.3 is 0 Å². The summed E-state index contributed by atoms with van der Waals surface area (Å²) in [6.45, 7) is 0. The van der Waals surface area contributed by atoms with Crippen molar-refractivity contribution in [1.82, 2.24) is 0 Å². The molecule has 150 valence electrons. The van der Waals surface area contributed by atoms with Crippen LogP contribution in [-0.2, 0) is 9.59 Å². The number of fused-ring (bicyclic) bond motifs is 6. The summed E-state index contributed by atoms with van der Waals surface area (Å²) in [7, 11) is 0. The van der Waals surface area contributed by atoms with Gasteiger partial charge in [-0.05, 0) is 73.6 Å². The summed E-state index contributed by atoms with van der Waals surface area (Å²) in [6.07, 6.45) is 3.07. The molecule has 2 aromatic rings. The predicted octanol–water partition coefficient (Wildman–Crippen LogP) is 3.79. The Bertz CT molecular complexity index is 1130. The number of carbonyl (C=O) groups is 4. The first-order valence-corrected chi connectivity index (χ1v) is 10.9. The third-order valence-corrected chi connectivity index (χ3v) is 7.64. The molecule has 7 heteroatoms. The average molecular weight is 465 g/mol. The first-order chi connectivity index (χ1) is 14.5. The predicted molar refractivity (Wildman–Crippen MR) is 112 cm³/mol. The van der Waals surface area contributed by atoms with E-state index in [2.05, 4.69) is 15.9 Å². The van der Waals surface area contributed by atoms with E-state index in [1.807, 2.05) is 0 Å². The SMILES string of the molecule is O=C1c2ccc(Br)cc2C(=O)N1c1ccc(N2C(=O)[C@@H]3[C@H]4CC[C@@H](C4)[C@@H]3C2=O)cc1. The van der Waals surface area contributed by atoms with Crippen molar-refractivity contribution in [3.05, 3.63) is 58.1 Å². The molecule has 2 heterocycles. The number of rotatable bonds is 2. The third kappa shape index (κ3) is 2.24. The molecule has 2 aromatic carbocycles. The van der Waals surface area contributed by atoms with E-state index in [0.29, 0.717) is 34.3 Å². The number of nitrogens with zero attached hydrogens (tertiary/aromatic N) is 2. The molecule has 30 heavy (non-hydrogen) atoms. The van der Waals surface area contributed by atoms with Gasteiger partial charge in [-0.15, -0.1) is 0 Å². The molecule has 0 spiro atoms. The molecular formula is C23H17BrN2O4. The van der Waals surface area contributed by atoms with Gasteiger partial charge in [0.1, 0.15) is 0 Å². The van der Waals surface area contributed by atoms with Gasteiger partial charge in [-0.25, -0.2) is 4.90 Å². The van der Waals surface area contributed by atoms with Crippen molar-refractivity contribution >= 4 is 50.9 Å². The second-order valence-corrected chi connectivity index (χ2v) is 9.46. The van der Waals surface area contributed by atoms with Crippen LogP contribution < -0.4 is 9.80 Å². The van der Waals surface area contributed by atoms with Crippen molar-refractivity contribution in [3.63, 3.8) is 0 Å². The minimum Gasteiger partial charge on any atom is -0.274 e. The molecule has 6 nitrogen and oxygen atoms in total. The minimum atomic E-state index is -0.386. The number of hydrogen-bond acceptors (Lipinski definition) is 4. The molecule has 1 saturated heterocycles. The first-order valence-electron chi connectivity index (χ1n) is 10.1. The maximum absolute atomic E-state index is 13.0. The molecule has 0 aromatic heterocycles. The maximum atomic E-state index is 13.0. The minimum absolute atomic E-state index is 0.101. The number of carbonyl (C=O) groups excluding carboxylic acids is 4. The Morgan fingerprint density at radius 2 is 1.23 bits per heavy atom. The van der Waals surface area contributed by atoms with Crippen molar-refractivity contribution in [2.45, 2.75) is 19.3 Å². The summed E-state index contributed by atoms with van der Waals surface area (Å²) >= 11 is 3.33. The summed E-state index contributed by atoms with van der Waals surface area (Å²) in [5.41, 5.74) is 1.63. The summed E-state index contributed by atoms with van der Waals surface area (Å²) in [5, 5.41) is 0. The zero-order valence-corrected chi connectivity index (χ0v) is 17.5. The average Bonchev–Trinajstić information content (AvgIpc) is 3.46. The number of benzene rings is 2. The second kappa shape index (κ2) is 6.11. The van der Waals surface area contributed by atoms with Crippen LogP contribution in [0.1, 0.15) is 40.0 Å². The van der Waals surface area contributed by atoms with Gasteiger partial charge in [0, 0.05) is 4.47 Å². The number of amides is 4. The molecule has 3 fully saturated rings. The van der Waals surface area contributed by atoms with Gasteiger partial charge in [-0.2, -0.15) is 0 Å². The Balaban J connectivity index is 1.31. The highest BCUT2D eigenvalue weighted by molar-refractivity contribution is 9.10. The summed E-state index contributed by atoms with van der Waals surface area (Å²) in [6, 6.07) is 11.5. The molecule has 2 aliphatic carbocycles. The Morgan fingerprint density at radius 1 is 0.700 bits per heavy atom. The quantitative estimate of drug-likeness (QED) is 0.633. The lowest BCUT2D eigenvalue weighted by Gasteiger charge is -2.19. The fraction of sp³-hybridized carbons (Fsp3) is 0.304. The highest BCUT2D eigenvalue weighted by atomic mass is 79.9. The summed E-state index contributed by atoms with van der Waals surface area (Å²) in [4.78, 5) is 54.0. The standard InChI is InChI=1S/C23H17BrN2O4/c24-13-3-8-16-17(10-13)21(28)25(20(16)27)14-4-6-15(7-5-14)26-22(29)18-11-1-2-12(9-11)19(18)23(26)30/h3-8,10-12,18-19H,1-2,9H2/t11-,12-,18-,19+/m0/s1. The van der Waals surface area contributed by atoms with Gasteiger partial charge in [0.25, 0.3) is 11.8 Å². The van der Waals surface area contributed by atoms with Gasteiger partial charge in [0.05, 0.1) is 34.3 Å². The molecule has 2 aliphatic heterocycles. The molecule has 0 radical (unpaired) electrons. The van der Waals surface area contributed by atoms with E-state index in [-0.39, 0.29) is 35.5 Å². The third-order valence-electron chi connectivity index (χ3n) is 7.14. The fourth-order valence-electron chi connectivity index (χ4n) is 5.86. The van der Waals surface area contributed by atoms with Crippen LogP contribution in [0.25, 0.3) is 0 Å². The van der Waals surface area contributed by atoms with Crippen LogP contribution in [0.15, 0.2) is 46.9 Å². The van der Waals surface area contributed by atoms with E-state index < -0.39 is 0 Å². The van der Waals surface area contributed by atoms with Crippen LogP contribution in [-0.4, -0.2) is 23.6 Å². The van der Waals surface area contributed by atoms with Crippen LogP contribution in [0.3, 0.4) is 0 Å². The summed E-state index contributed by atoms with van der Waals surface area (Å²) < 4.78 is 0.727. The highest BCUT2D eigenvalue weighted by Crippen LogP contribution is 2.56. The molecule has 2 saturated carbocycles. The number of imide groups is 2. The molecule has 0 unspecified atom stereocenters. The van der Waals surface area contributed by atoms with E-state index in [0.717, 1.165) is 28.6 Å². The van der Waals surface area contributed by atoms with Gasteiger partial charge in [0.2, 0.25) is 11.8 Å². The maximum Gasteiger partial charge on any atom is 0.266 e. The van der Waals surface area contributed by atoms with E-state index in [1.54, 1.807) is 42.5 Å².